The van der Waals surface area contributed by atoms with E-state index in [1.54, 1.807) is 4.68 Å². The van der Waals surface area contributed by atoms with Gasteiger partial charge in [-0.15, -0.1) is 0 Å². The number of hydrogen-bond acceptors (Lipinski definition) is 3. The van der Waals surface area contributed by atoms with Crippen LogP contribution in [-0.2, 0) is 20.2 Å². The van der Waals surface area contributed by atoms with Crippen LogP contribution in [0.4, 0.5) is 0 Å². The average Bonchev–Trinajstić information content (AvgIpc) is 3.26. The van der Waals surface area contributed by atoms with Crippen molar-refractivity contribution in [1.29, 1.82) is 0 Å². The molecule has 1 saturated carbocycles. The third-order valence-corrected chi connectivity index (χ3v) is 4.22. The molecule has 21 heavy (non-hydrogen) atoms. The molecule has 0 unspecified atom stereocenters. The van der Waals surface area contributed by atoms with Crippen LogP contribution in [0, 0.1) is 6.92 Å². The first-order chi connectivity index (χ1) is 10.1. The highest BCUT2D eigenvalue weighted by atomic mass is 35.5. The van der Waals surface area contributed by atoms with Crippen molar-refractivity contribution in [3.05, 3.63) is 46.2 Å². The Labute approximate surface area is 130 Å². The van der Waals surface area contributed by atoms with Gasteiger partial charge in [0.25, 0.3) is 0 Å². The second kappa shape index (κ2) is 6.08. The van der Waals surface area contributed by atoms with Crippen LogP contribution in [0.15, 0.2) is 24.3 Å². The van der Waals surface area contributed by atoms with Gasteiger partial charge in [0.1, 0.15) is 17.5 Å². The van der Waals surface area contributed by atoms with E-state index in [9.17, 15) is 0 Å². The Morgan fingerprint density at radius 3 is 2.62 bits per heavy atom. The van der Waals surface area contributed by atoms with Crippen molar-refractivity contribution in [2.75, 3.05) is 0 Å². The van der Waals surface area contributed by atoms with Crippen LogP contribution >= 0.6 is 11.6 Å². The van der Waals surface area contributed by atoms with Crippen LogP contribution in [0.3, 0.4) is 0 Å². The maximum absolute atomic E-state index is 6.19. The lowest BCUT2D eigenvalue weighted by Crippen LogP contribution is -2.15. The van der Waals surface area contributed by atoms with Crippen molar-refractivity contribution in [1.82, 2.24) is 15.1 Å². The summed E-state index contributed by atoms with van der Waals surface area (Å²) in [4.78, 5) is 0. The number of rotatable bonds is 6. The number of benzene rings is 1. The molecule has 1 heterocycles. The van der Waals surface area contributed by atoms with Gasteiger partial charge in [-0.2, -0.15) is 5.10 Å². The van der Waals surface area contributed by atoms with Gasteiger partial charge in [-0.05, 0) is 37.5 Å². The molecule has 1 fully saturated rings. The minimum atomic E-state index is 0.443. The van der Waals surface area contributed by atoms with E-state index in [0.717, 1.165) is 29.6 Å². The first kappa shape index (κ1) is 14.4. The molecular formula is C16H20ClN3O. The molecule has 0 bridgehead atoms. The monoisotopic (exact) mass is 305 g/mol. The third-order valence-electron chi connectivity index (χ3n) is 3.75. The zero-order valence-electron chi connectivity index (χ0n) is 12.4. The summed E-state index contributed by atoms with van der Waals surface area (Å²) in [5.74, 6) is 0.851. The Hall–Kier alpha value is -1.52. The van der Waals surface area contributed by atoms with Gasteiger partial charge in [-0.1, -0.05) is 23.7 Å². The number of nitrogens with zero attached hydrogens (tertiary/aromatic N) is 2. The van der Waals surface area contributed by atoms with Gasteiger partial charge in [-0.25, -0.2) is 0 Å². The lowest BCUT2D eigenvalue weighted by Gasteiger charge is -2.08. The Bertz CT molecular complexity index is 617. The molecule has 112 valence electrons. The molecule has 5 heteroatoms. The molecule has 0 atom stereocenters. The molecule has 1 aliphatic rings. The van der Waals surface area contributed by atoms with Crippen LogP contribution in [0.2, 0.25) is 5.15 Å². The number of ether oxygens (including phenoxy) is 1. The first-order valence-electron chi connectivity index (χ1n) is 7.26. The molecule has 0 saturated heterocycles. The fourth-order valence-electron chi connectivity index (χ4n) is 2.25. The molecule has 1 aromatic heterocycles. The zero-order valence-corrected chi connectivity index (χ0v) is 13.2. The summed E-state index contributed by atoms with van der Waals surface area (Å²) in [6.07, 6.45) is 2.62. The first-order valence-corrected chi connectivity index (χ1v) is 7.64. The van der Waals surface area contributed by atoms with Gasteiger partial charge in [0.2, 0.25) is 0 Å². The van der Waals surface area contributed by atoms with Crippen molar-refractivity contribution in [2.45, 2.75) is 39.0 Å². The Kier molecular flexibility index (Phi) is 4.17. The maximum atomic E-state index is 6.19. The van der Waals surface area contributed by atoms with Crippen molar-refractivity contribution < 1.29 is 4.74 Å². The smallest absolute Gasteiger partial charge is 0.133 e. The fraction of sp³-hybridized carbons (Fsp3) is 0.438. The Morgan fingerprint density at radius 2 is 2.05 bits per heavy atom. The van der Waals surface area contributed by atoms with Crippen molar-refractivity contribution in [3.8, 4) is 5.75 Å². The van der Waals surface area contributed by atoms with Crippen LogP contribution in [0.25, 0.3) is 0 Å². The average molecular weight is 306 g/mol. The molecule has 1 N–H and O–H groups in total. The van der Waals surface area contributed by atoms with Crippen LogP contribution in [0.5, 0.6) is 5.75 Å². The minimum Gasteiger partial charge on any atom is -0.489 e. The normalized spacial score (nSPS) is 14.4. The number of hydrogen-bond donors (Lipinski definition) is 1. The summed E-state index contributed by atoms with van der Waals surface area (Å²) in [7, 11) is 1.83. The molecule has 0 spiro atoms. The molecule has 1 aromatic carbocycles. The summed E-state index contributed by atoms with van der Waals surface area (Å²) in [6.45, 7) is 3.31. The Balaban J connectivity index is 1.57. The van der Waals surface area contributed by atoms with E-state index >= 15 is 0 Å². The fourth-order valence-corrected chi connectivity index (χ4v) is 2.48. The number of aryl methyl sites for hydroxylation is 2. The standard InChI is InChI=1S/C16H20ClN3O/c1-11-15(16(17)20(2)19-11)10-21-14-7-3-12(4-8-14)9-18-13-5-6-13/h3-4,7-8,13,18H,5-6,9-10H2,1-2H3. The van der Waals surface area contributed by atoms with Crippen molar-refractivity contribution >= 4 is 11.6 Å². The van der Waals surface area contributed by atoms with E-state index in [2.05, 4.69) is 22.5 Å². The minimum absolute atomic E-state index is 0.443. The van der Waals surface area contributed by atoms with Gasteiger partial charge in [0.05, 0.1) is 5.69 Å². The maximum Gasteiger partial charge on any atom is 0.133 e. The van der Waals surface area contributed by atoms with E-state index in [0.29, 0.717) is 11.8 Å². The summed E-state index contributed by atoms with van der Waals surface area (Å²) in [5.41, 5.74) is 3.14. The highest BCUT2D eigenvalue weighted by molar-refractivity contribution is 6.30. The lowest BCUT2D eigenvalue weighted by atomic mass is 10.2. The summed E-state index contributed by atoms with van der Waals surface area (Å²) < 4.78 is 7.47. The van der Waals surface area contributed by atoms with E-state index < -0.39 is 0 Å². The van der Waals surface area contributed by atoms with Crippen molar-refractivity contribution in [3.63, 3.8) is 0 Å². The van der Waals surface area contributed by atoms with Crippen LogP contribution in [0.1, 0.15) is 29.7 Å². The topological polar surface area (TPSA) is 39.1 Å². The van der Waals surface area contributed by atoms with Gasteiger partial charge in [0, 0.05) is 25.2 Å². The summed E-state index contributed by atoms with van der Waals surface area (Å²) in [5, 5.41) is 8.42. The molecule has 4 nitrogen and oxygen atoms in total. The van der Waals surface area contributed by atoms with Gasteiger partial charge < -0.3 is 10.1 Å². The number of halogens is 1. The summed E-state index contributed by atoms with van der Waals surface area (Å²) >= 11 is 6.19. The van der Waals surface area contributed by atoms with E-state index in [4.69, 9.17) is 16.3 Å². The highest BCUT2D eigenvalue weighted by Crippen LogP contribution is 2.22. The Morgan fingerprint density at radius 1 is 1.33 bits per heavy atom. The molecule has 1 aliphatic carbocycles. The highest BCUT2D eigenvalue weighted by Gasteiger charge is 2.19. The zero-order chi connectivity index (χ0) is 14.8. The van der Waals surface area contributed by atoms with E-state index in [1.165, 1.54) is 18.4 Å². The predicted molar refractivity (Wildman–Crippen MR) is 83.6 cm³/mol. The largest absolute Gasteiger partial charge is 0.489 e. The SMILES string of the molecule is Cc1nn(C)c(Cl)c1COc1ccc(CNC2CC2)cc1. The molecule has 0 radical (unpaired) electrons. The number of aromatic nitrogens is 2. The van der Waals surface area contributed by atoms with E-state index in [1.807, 2.05) is 26.1 Å². The van der Waals surface area contributed by atoms with Crippen LogP contribution in [-0.4, -0.2) is 15.8 Å². The number of nitrogens with one attached hydrogen (secondary N) is 1. The van der Waals surface area contributed by atoms with Crippen molar-refractivity contribution in [2.24, 2.45) is 7.05 Å². The second-order valence-corrected chi connectivity index (χ2v) is 5.92. The molecule has 0 amide bonds. The van der Waals surface area contributed by atoms with Gasteiger partial charge >= 0.3 is 0 Å². The van der Waals surface area contributed by atoms with E-state index in [-0.39, 0.29) is 0 Å². The lowest BCUT2D eigenvalue weighted by molar-refractivity contribution is 0.305. The molecule has 2 aromatic rings. The van der Waals surface area contributed by atoms with Crippen LogP contribution < -0.4 is 10.1 Å². The van der Waals surface area contributed by atoms with Gasteiger partial charge in [-0.3, -0.25) is 4.68 Å². The second-order valence-electron chi connectivity index (χ2n) is 5.57. The summed E-state index contributed by atoms with van der Waals surface area (Å²) in [6, 6.07) is 8.94. The predicted octanol–water partition coefficient (Wildman–Crippen LogP) is 3.21. The third kappa shape index (κ3) is 3.57. The van der Waals surface area contributed by atoms with Gasteiger partial charge in [0.15, 0.2) is 0 Å². The molecule has 0 aliphatic heterocycles. The molecular weight excluding hydrogens is 286 g/mol. The quantitative estimate of drug-likeness (QED) is 0.890. The molecule has 3 rings (SSSR count).